The van der Waals surface area contributed by atoms with Gasteiger partial charge in [0.1, 0.15) is 0 Å². The molecular weight excluding hydrogens is 254 g/mol. The van der Waals surface area contributed by atoms with Gasteiger partial charge in [-0.1, -0.05) is 65.2 Å². The highest BCUT2D eigenvalue weighted by Gasteiger charge is 2.31. The Morgan fingerprint density at radius 1 is 0.810 bits per heavy atom. The van der Waals surface area contributed by atoms with Crippen LogP contribution in [0, 0.1) is 23.7 Å². The van der Waals surface area contributed by atoms with Crippen LogP contribution in [0.3, 0.4) is 0 Å². The van der Waals surface area contributed by atoms with E-state index < -0.39 is 0 Å². The zero-order valence-corrected chi connectivity index (χ0v) is 14.7. The summed E-state index contributed by atoms with van der Waals surface area (Å²) in [5.74, 6) is 4.12. The molecule has 0 amide bonds. The maximum absolute atomic E-state index is 3.72. The number of hydrogen-bond acceptors (Lipinski definition) is 1. The molecule has 2 aliphatic rings. The first-order valence-electron chi connectivity index (χ1n) is 10.0. The predicted molar refractivity (Wildman–Crippen MR) is 93.6 cm³/mol. The van der Waals surface area contributed by atoms with Crippen LogP contribution in [0.2, 0.25) is 0 Å². The Hall–Kier alpha value is -0.0400. The van der Waals surface area contributed by atoms with Crippen LogP contribution in [0.5, 0.6) is 0 Å². The summed E-state index contributed by atoms with van der Waals surface area (Å²) in [6.45, 7) is 7.16. The van der Waals surface area contributed by atoms with Gasteiger partial charge >= 0.3 is 0 Å². The minimum Gasteiger partial charge on any atom is -0.316 e. The first-order valence-corrected chi connectivity index (χ1v) is 10.0. The van der Waals surface area contributed by atoms with Gasteiger partial charge in [-0.05, 0) is 62.4 Å². The summed E-state index contributed by atoms with van der Waals surface area (Å²) in [6, 6.07) is 0. The molecule has 2 aliphatic carbocycles. The van der Waals surface area contributed by atoms with E-state index in [1.54, 1.807) is 12.8 Å². The summed E-state index contributed by atoms with van der Waals surface area (Å²) in [7, 11) is 0. The van der Waals surface area contributed by atoms with Crippen molar-refractivity contribution in [3.63, 3.8) is 0 Å². The normalized spacial score (nSPS) is 31.4. The molecule has 1 nitrogen and oxygen atoms in total. The summed E-state index contributed by atoms with van der Waals surface area (Å²) < 4.78 is 0. The molecule has 0 heterocycles. The van der Waals surface area contributed by atoms with Gasteiger partial charge in [0.05, 0.1) is 0 Å². The van der Waals surface area contributed by atoms with Crippen LogP contribution in [0.15, 0.2) is 0 Å². The Kier molecular flexibility index (Phi) is 8.14. The van der Waals surface area contributed by atoms with E-state index in [-0.39, 0.29) is 0 Å². The van der Waals surface area contributed by atoms with Crippen molar-refractivity contribution >= 4 is 0 Å². The molecule has 21 heavy (non-hydrogen) atoms. The summed E-state index contributed by atoms with van der Waals surface area (Å²) >= 11 is 0. The van der Waals surface area contributed by atoms with Crippen molar-refractivity contribution in [1.29, 1.82) is 0 Å². The quantitative estimate of drug-likeness (QED) is 0.559. The monoisotopic (exact) mass is 293 g/mol. The van der Waals surface area contributed by atoms with Crippen molar-refractivity contribution < 1.29 is 0 Å². The number of nitrogens with one attached hydrogen (secondary N) is 1. The highest BCUT2D eigenvalue weighted by Crippen LogP contribution is 2.41. The van der Waals surface area contributed by atoms with Crippen LogP contribution in [0.1, 0.15) is 90.9 Å². The minimum absolute atomic E-state index is 0.978. The van der Waals surface area contributed by atoms with E-state index in [1.165, 1.54) is 77.3 Å². The lowest BCUT2D eigenvalue weighted by Crippen LogP contribution is -2.34. The molecule has 1 heteroatoms. The van der Waals surface area contributed by atoms with Crippen LogP contribution >= 0.6 is 0 Å². The van der Waals surface area contributed by atoms with Crippen molar-refractivity contribution in [2.75, 3.05) is 13.1 Å². The molecular formula is C20H39N. The minimum atomic E-state index is 0.978. The number of rotatable bonds is 8. The van der Waals surface area contributed by atoms with E-state index in [9.17, 15) is 0 Å². The summed E-state index contributed by atoms with van der Waals surface area (Å²) in [4.78, 5) is 0. The molecule has 0 bridgehead atoms. The van der Waals surface area contributed by atoms with E-state index in [1.807, 2.05) is 0 Å². The molecule has 0 spiro atoms. The lowest BCUT2D eigenvalue weighted by Gasteiger charge is -2.39. The molecule has 0 aromatic carbocycles. The average molecular weight is 294 g/mol. The molecule has 0 aromatic rings. The van der Waals surface area contributed by atoms with E-state index in [0.717, 1.165) is 23.7 Å². The molecule has 0 aromatic heterocycles. The molecule has 3 unspecified atom stereocenters. The molecule has 2 rings (SSSR count). The summed E-state index contributed by atoms with van der Waals surface area (Å²) in [5, 5.41) is 3.72. The van der Waals surface area contributed by atoms with Crippen LogP contribution in [0.25, 0.3) is 0 Å². The molecule has 0 radical (unpaired) electrons. The van der Waals surface area contributed by atoms with Crippen molar-refractivity contribution in [3.8, 4) is 0 Å². The fourth-order valence-corrected chi connectivity index (χ4v) is 4.97. The third-order valence-electron chi connectivity index (χ3n) is 6.14. The van der Waals surface area contributed by atoms with E-state index >= 15 is 0 Å². The standard InChI is InChI=1S/C20H39N/c1-3-8-17-11-12-19(16-21-13-4-2)20(14-17)15-18-9-6-5-7-10-18/h17-21H,3-16H2,1-2H3. The Bertz CT molecular complexity index is 257. The Labute approximate surface area is 133 Å². The fraction of sp³-hybridized carbons (Fsp3) is 1.00. The van der Waals surface area contributed by atoms with Gasteiger partial charge in [-0.2, -0.15) is 0 Å². The Morgan fingerprint density at radius 3 is 2.33 bits per heavy atom. The van der Waals surface area contributed by atoms with Gasteiger partial charge in [-0.15, -0.1) is 0 Å². The molecule has 0 saturated heterocycles. The van der Waals surface area contributed by atoms with Crippen molar-refractivity contribution in [2.24, 2.45) is 23.7 Å². The highest BCUT2D eigenvalue weighted by molar-refractivity contribution is 4.84. The molecule has 124 valence electrons. The van der Waals surface area contributed by atoms with Crippen LogP contribution < -0.4 is 5.32 Å². The van der Waals surface area contributed by atoms with E-state index in [2.05, 4.69) is 19.2 Å². The summed E-state index contributed by atoms with van der Waals surface area (Å²) in [5.41, 5.74) is 0. The largest absolute Gasteiger partial charge is 0.316 e. The van der Waals surface area contributed by atoms with Crippen molar-refractivity contribution in [1.82, 2.24) is 5.32 Å². The lowest BCUT2D eigenvalue weighted by atomic mass is 9.68. The topological polar surface area (TPSA) is 12.0 Å². The zero-order chi connectivity index (χ0) is 14.9. The van der Waals surface area contributed by atoms with Crippen LogP contribution in [0.4, 0.5) is 0 Å². The second kappa shape index (κ2) is 9.87. The molecule has 2 saturated carbocycles. The van der Waals surface area contributed by atoms with E-state index in [0.29, 0.717) is 0 Å². The van der Waals surface area contributed by atoms with Crippen LogP contribution in [-0.2, 0) is 0 Å². The second-order valence-corrected chi connectivity index (χ2v) is 7.93. The predicted octanol–water partition coefficient (Wildman–Crippen LogP) is 5.79. The molecule has 0 aliphatic heterocycles. The first kappa shape index (κ1) is 17.3. The van der Waals surface area contributed by atoms with Gasteiger partial charge in [0.15, 0.2) is 0 Å². The van der Waals surface area contributed by atoms with E-state index in [4.69, 9.17) is 0 Å². The number of hydrogen-bond donors (Lipinski definition) is 1. The molecule has 3 atom stereocenters. The average Bonchev–Trinajstić information content (AvgIpc) is 2.51. The SMILES string of the molecule is CCCNCC1CCC(CCC)CC1CC1CCCCC1. The first-order chi connectivity index (χ1) is 10.3. The Balaban J connectivity index is 1.84. The van der Waals surface area contributed by atoms with Crippen LogP contribution in [-0.4, -0.2) is 13.1 Å². The van der Waals surface area contributed by atoms with Gasteiger partial charge in [-0.3, -0.25) is 0 Å². The third kappa shape index (κ3) is 5.93. The lowest BCUT2D eigenvalue weighted by molar-refractivity contribution is 0.131. The highest BCUT2D eigenvalue weighted by atomic mass is 14.9. The van der Waals surface area contributed by atoms with Gasteiger partial charge in [0, 0.05) is 0 Å². The third-order valence-corrected chi connectivity index (χ3v) is 6.14. The second-order valence-electron chi connectivity index (χ2n) is 7.93. The summed E-state index contributed by atoms with van der Waals surface area (Å²) in [6.07, 6.45) is 17.8. The zero-order valence-electron chi connectivity index (χ0n) is 14.7. The van der Waals surface area contributed by atoms with Gasteiger partial charge < -0.3 is 5.32 Å². The Morgan fingerprint density at radius 2 is 1.62 bits per heavy atom. The fourth-order valence-electron chi connectivity index (χ4n) is 4.97. The maximum Gasteiger partial charge on any atom is -0.00179 e. The van der Waals surface area contributed by atoms with Crippen molar-refractivity contribution in [2.45, 2.75) is 90.9 Å². The molecule has 2 fully saturated rings. The van der Waals surface area contributed by atoms with Gasteiger partial charge in [-0.25, -0.2) is 0 Å². The van der Waals surface area contributed by atoms with Gasteiger partial charge in [0.2, 0.25) is 0 Å². The smallest absolute Gasteiger partial charge is 0.00179 e. The molecule has 1 N–H and O–H groups in total. The van der Waals surface area contributed by atoms with Gasteiger partial charge in [0.25, 0.3) is 0 Å². The maximum atomic E-state index is 3.72. The van der Waals surface area contributed by atoms with Crippen molar-refractivity contribution in [3.05, 3.63) is 0 Å².